The molecule has 0 atom stereocenters. The summed E-state index contributed by atoms with van der Waals surface area (Å²) in [5.74, 6) is 0.209. The van der Waals surface area contributed by atoms with Crippen molar-refractivity contribution in [3.8, 4) is 11.5 Å². The fraction of sp³-hybridized carbons (Fsp3) is 0.188. The fourth-order valence-electron chi connectivity index (χ4n) is 2.04. The van der Waals surface area contributed by atoms with Gasteiger partial charge in [0.2, 0.25) is 0 Å². The second kappa shape index (κ2) is 6.14. The molecule has 0 aliphatic carbocycles. The van der Waals surface area contributed by atoms with Crippen LogP contribution in [0.25, 0.3) is 0 Å². The maximum absolute atomic E-state index is 13.1. The van der Waals surface area contributed by atoms with E-state index >= 15 is 0 Å². The molecule has 3 nitrogen and oxygen atoms in total. The maximum Gasteiger partial charge on any atom is 0.194 e. The van der Waals surface area contributed by atoms with E-state index in [1.807, 2.05) is 0 Å². The summed E-state index contributed by atoms with van der Waals surface area (Å²) >= 11 is 5.94. The molecule has 0 unspecified atom stereocenters. The van der Waals surface area contributed by atoms with Gasteiger partial charge in [0.25, 0.3) is 0 Å². The normalized spacial score (nSPS) is 10.3. The van der Waals surface area contributed by atoms with Crippen LogP contribution in [0.15, 0.2) is 30.3 Å². The molecular formula is C16H14ClFO3. The highest BCUT2D eigenvalue weighted by molar-refractivity contribution is 6.35. The molecule has 0 amide bonds. The predicted molar refractivity (Wildman–Crippen MR) is 79.1 cm³/mol. The lowest BCUT2D eigenvalue weighted by molar-refractivity contribution is 0.103. The lowest BCUT2D eigenvalue weighted by Gasteiger charge is -2.12. The summed E-state index contributed by atoms with van der Waals surface area (Å²) in [5, 5.41) is 0.0779. The Morgan fingerprint density at radius 3 is 2.24 bits per heavy atom. The lowest BCUT2D eigenvalue weighted by Crippen LogP contribution is -2.06. The minimum atomic E-state index is -0.486. The van der Waals surface area contributed by atoms with E-state index in [1.165, 1.54) is 26.4 Å². The molecule has 0 radical (unpaired) electrons. The van der Waals surface area contributed by atoms with Crippen molar-refractivity contribution in [2.75, 3.05) is 14.2 Å². The number of ketones is 1. The van der Waals surface area contributed by atoms with Crippen LogP contribution < -0.4 is 9.47 Å². The Balaban J connectivity index is 2.53. The first kappa shape index (κ1) is 15.3. The molecule has 2 aromatic rings. The van der Waals surface area contributed by atoms with Crippen LogP contribution in [0.2, 0.25) is 5.02 Å². The largest absolute Gasteiger partial charge is 0.493 e. The van der Waals surface area contributed by atoms with Gasteiger partial charge in [-0.2, -0.15) is 0 Å². The number of rotatable bonds is 4. The smallest absolute Gasteiger partial charge is 0.194 e. The molecule has 21 heavy (non-hydrogen) atoms. The van der Waals surface area contributed by atoms with E-state index in [9.17, 15) is 9.18 Å². The summed E-state index contributed by atoms with van der Waals surface area (Å²) in [4.78, 5) is 12.6. The van der Waals surface area contributed by atoms with Crippen LogP contribution in [-0.4, -0.2) is 20.0 Å². The van der Waals surface area contributed by atoms with Crippen molar-refractivity contribution in [3.05, 3.63) is 57.9 Å². The van der Waals surface area contributed by atoms with E-state index in [0.717, 1.165) is 11.6 Å². The summed E-state index contributed by atoms with van der Waals surface area (Å²) in [7, 11) is 3.02. The summed E-state index contributed by atoms with van der Waals surface area (Å²) in [5.41, 5.74) is 1.40. The van der Waals surface area contributed by atoms with Gasteiger partial charge in [-0.15, -0.1) is 0 Å². The van der Waals surface area contributed by atoms with Gasteiger partial charge < -0.3 is 9.47 Å². The quantitative estimate of drug-likeness (QED) is 0.800. The molecule has 5 heteroatoms. The Hall–Kier alpha value is -2.07. The second-order valence-corrected chi connectivity index (χ2v) is 4.88. The maximum atomic E-state index is 13.1. The number of carbonyl (C=O) groups is 1. The molecule has 0 aromatic heterocycles. The Labute approximate surface area is 127 Å². The van der Waals surface area contributed by atoms with E-state index < -0.39 is 5.82 Å². The van der Waals surface area contributed by atoms with Crippen LogP contribution >= 0.6 is 11.6 Å². The fourth-order valence-corrected chi connectivity index (χ4v) is 2.30. The van der Waals surface area contributed by atoms with Gasteiger partial charge in [-0.3, -0.25) is 4.79 Å². The minimum Gasteiger partial charge on any atom is -0.493 e. The van der Waals surface area contributed by atoms with Gasteiger partial charge in [-0.25, -0.2) is 4.39 Å². The monoisotopic (exact) mass is 308 g/mol. The van der Waals surface area contributed by atoms with E-state index in [4.69, 9.17) is 21.1 Å². The summed E-state index contributed by atoms with van der Waals surface area (Å²) < 4.78 is 23.5. The molecule has 2 rings (SSSR count). The molecule has 0 saturated heterocycles. The number of ether oxygens (including phenoxy) is 2. The number of aryl methyl sites for hydroxylation is 1. The third kappa shape index (κ3) is 3.00. The Morgan fingerprint density at radius 1 is 1.05 bits per heavy atom. The highest BCUT2D eigenvalue weighted by atomic mass is 35.5. The van der Waals surface area contributed by atoms with Gasteiger partial charge in [0.1, 0.15) is 5.82 Å². The first-order valence-electron chi connectivity index (χ1n) is 6.20. The van der Waals surface area contributed by atoms with Gasteiger partial charge in [-0.05, 0) is 42.8 Å². The lowest BCUT2D eigenvalue weighted by atomic mass is 9.98. The summed E-state index contributed by atoms with van der Waals surface area (Å²) in [6, 6.07) is 7.00. The Bertz CT molecular complexity index is 698. The molecule has 0 saturated carbocycles. The van der Waals surface area contributed by atoms with Crippen molar-refractivity contribution in [1.29, 1.82) is 0 Å². The first-order chi connectivity index (χ1) is 9.97. The summed E-state index contributed by atoms with van der Waals surface area (Å²) in [6.07, 6.45) is 0. The molecule has 0 spiro atoms. The van der Waals surface area contributed by atoms with Crippen LogP contribution in [0, 0.1) is 12.7 Å². The standard InChI is InChI=1S/C16H14ClFO3/c1-9-6-14(20-2)15(21-3)8-12(9)16(19)11-5-4-10(18)7-13(11)17/h4-8H,1-3H3. The molecule has 0 heterocycles. The molecule has 110 valence electrons. The number of methoxy groups -OCH3 is 2. The van der Waals surface area contributed by atoms with Crippen molar-refractivity contribution in [3.63, 3.8) is 0 Å². The number of carbonyl (C=O) groups excluding carboxylic acids is 1. The van der Waals surface area contributed by atoms with Crippen LogP contribution in [0.5, 0.6) is 11.5 Å². The highest BCUT2D eigenvalue weighted by Gasteiger charge is 2.18. The van der Waals surface area contributed by atoms with Crippen molar-refractivity contribution >= 4 is 17.4 Å². The van der Waals surface area contributed by atoms with Crippen molar-refractivity contribution in [2.45, 2.75) is 6.92 Å². The second-order valence-electron chi connectivity index (χ2n) is 4.48. The number of hydrogen-bond acceptors (Lipinski definition) is 3. The first-order valence-corrected chi connectivity index (χ1v) is 6.58. The third-order valence-corrected chi connectivity index (χ3v) is 3.46. The number of halogens is 2. The minimum absolute atomic E-state index is 0.0779. The van der Waals surface area contributed by atoms with Gasteiger partial charge >= 0.3 is 0 Å². The molecule has 0 N–H and O–H groups in total. The van der Waals surface area contributed by atoms with Crippen molar-refractivity contribution < 1.29 is 18.7 Å². The van der Waals surface area contributed by atoms with Gasteiger partial charge in [0.15, 0.2) is 17.3 Å². The average Bonchev–Trinajstić information content (AvgIpc) is 2.46. The molecule has 2 aromatic carbocycles. The van der Waals surface area contributed by atoms with Crippen molar-refractivity contribution in [1.82, 2.24) is 0 Å². The molecule has 0 aliphatic heterocycles. The zero-order chi connectivity index (χ0) is 15.6. The third-order valence-electron chi connectivity index (χ3n) is 3.15. The van der Waals surface area contributed by atoms with Crippen LogP contribution in [0.4, 0.5) is 4.39 Å². The molecule has 0 aliphatic rings. The van der Waals surface area contributed by atoms with Gasteiger partial charge in [0.05, 0.1) is 19.2 Å². The molecule has 0 fully saturated rings. The topological polar surface area (TPSA) is 35.5 Å². The van der Waals surface area contributed by atoms with Crippen LogP contribution in [0.3, 0.4) is 0 Å². The van der Waals surface area contributed by atoms with Gasteiger partial charge in [-0.1, -0.05) is 11.6 Å². The van der Waals surface area contributed by atoms with Crippen molar-refractivity contribution in [2.24, 2.45) is 0 Å². The zero-order valence-electron chi connectivity index (χ0n) is 11.9. The van der Waals surface area contributed by atoms with E-state index in [2.05, 4.69) is 0 Å². The summed E-state index contributed by atoms with van der Waals surface area (Å²) in [6.45, 7) is 1.78. The number of benzene rings is 2. The van der Waals surface area contributed by atoms with Crippen LogP contribution in [-0.2, 0) is 0 Å². The average molecular weight is 309 g/mol. The van der Waals surface area contributed by atoms with Gasteiger partial charge in [0, 0.05) is 11.1 Å². The zero-order valence-corrected chi connectivity index (χ0v) is 12.6. The molecular weight excluding hydrogens is 295 g/mol. The SMILES string of the molecule is COc1cc(C)c(C(=O)c2ccc(F)cc2Cl)cc1OC. The van der Waals surface area contributed by atoms with E-state index in [1.54, 1.807) is 19.1 Å². The highest BCUT2D eigenvalue weighted by Crippen LogP contribution is 2.32. The molecule has 0 bridgehead atoms. The van der Waals surface area contributed by atoms with Crippen LogP contribution in [0.1, 0.15) is 21.5 Å². The Morgan fingerprint density at radius 2 is 1.67 bits per heavy atom. The van der Waals surface area contributed by atoms with E-state index in [0.29, 0.717) is 17.1 Å². The number of hydrogen-bond donors (Lipinski definition) is 0. The predicted octanol–water partition coefficient (Wildman–Crippen LogP) is 4.04. The van der Waals surface area contributed by atoms with E-state index in [-0.39, 0.29) is 16.4 Å². The Kier molecular flexibility index (Phi) is 4.48.